The van der Waals surface area contributed by atoms with Crippen molar-refractivity contribution in [1.82, 2.24) is 4.90 Å². The van der Waals surface area contributed by atoms with Gasteiger partial charge < -0.3 is 26.2 Å². The van der Waals surface area contributed by atoms with E-state index in [0.29, 0.717) is 24.2 Å². The van der Waals surface area contributed by atoms with E-state index in [1.165, 1.54) is 6.07 Å². The Morgan fingerprint density at radius 2 is 1.79 bits per heavy atom. The number of primary amides is 1. The molecule has 0 bridgehead atoms. The van der Waals surface area contributed by atoms with Crippen molar-refractivity contribution >= 4 is 17.5 Å². The Kier molecular flexibility index (Phi) is 6.56. The third-order valence-electron chi connectivity index (χ3n) is 8.13. The number of benzene rings is 2. The molecule has 6 N–H and O–H groups in total. The van der Waals surface area contributed by atoms with Crippen molar-refractivity contribution in [3.8, 4) is 16.9 Å². The summed E-state index contributed by atoms with van der Waals surface area (Å²) >= 11 is 0. The number of hydrogen-bond donors (Lipinski definition) is 5. The number of nitrogens with two attached hydrogens (primary N) is 1. The first-order chi connectivity index (χ1) is 18.5. The number of nitrogens with zero attached hydrogens (tertiary/aromatic N) is 1. The van der Waals surface area contributed by atoms with Crippen LogP contribution in [0.3, 0.4) is 0 Å². The maximum atomic E-state index is 13.7. The number of aliphatic hydroxyl groups excluding tert-OH is 2. The van der Waals surface area contributed by atoms with Gasteiger partial charge in [0.05, 0.1) is 5.56 Å². The average molecular weight is 537 g/mol. The SMILES string of the molecule is CN(CCF)Cc1ccc(-c2ccc(O)c3c2C[C@H]2C[C@H]4CC(O)=C(C(N)=O)C(=O)[C@@]4(O)C(O)=C2C3=O)cc1. The molecule has 0 radical (unpaired) electrons. The number of phenolic OH excluding ortho intramolecular Hbond substituents is 1. The van der Waals surface area contributed by atoms with Crippen LogP contribution in [-0.2, 0) is 22.6 Å². The van der Waals surface area contributed by atoms with Crippen molar-refractivity contribution in [3.05, 3.63) is 75.8 Å². The Morgan fingerprint density at radius 3 is 2.44 bits per heavy atom. The Morgan fingerprint density at radius 1 is 1.10 bits per heavy atom. The molecule has 1 amide bonds. The number of aromatic hydroxyl groups is 1. The lowest BCUT2D eigenvalue weighted by molar-refractivity contribution is -0.144. The maximum Gasteiger partial charge on any atom is 0.255 e. The van der Waals surface area contributed by atoms with Crippen molar-refractivity contribution in [1.29, 1.82) is 0 Å². The van der Waals surface area contributed by atoms with Gasteiger partial charge in [0.25, 0.3) is 5.91 Å². The Bertz CT molecular complexity index is 1460. The van der Waals surface area contributed by atoms with Gasteiger partial charge in [-0.1, -0.05) is 30.3 Å². The molecule has 0 saturated heterocycles. The number of carbonyl (C=O) groups is 3. The summed E-state index contributed by atoms with van der Waals surface area (Å²) in [5.41, 5.74) is 4.65. The van der Waals surface area contributed by atoms with Crippen LogP contribution in [0.2, 0.25) is 0 Å². The molecule has 5 rings (SSSR count). The molecule has 0 saturated carbocycles. The van der Waals surface area contributed by atoms with Gasteiger partial charge in [-0.2, -0.15) is 0 Å². The highest BCUT2D eigenvalue weighted by Crippen LogP contribution is 2.52. The zero-order valence-corrected chi connectivity index (χ0v) is 21.3. The van der Waals surface area contributed by atoms with E-state index in [0.717, 1.165) is 11.1 Å². The number of amides is 1. The van der Waals surface area contributed by atoms with Crippen LogP contribution in [0, 0.1) is 11.8 Å². The highest BCUT2D eigenvalue weighted by Gasteiger charge is 2.59. The topological polar surface area (TPSA) is 161 Å². The zero-order valence-electron chi connectivity index (χ0n) is 21.3. The molecule has 9 nitrogen and oxygen atoms in total. The lowest BCUT2D eigenvalue weighted by atomic mass is 9.60. The first-order valence-corrected chi connectivity index (χ1v) is 12.6. The first kappa shape index (κ1) is 26.6. The molecular weight excluding hydrogens is 507 g/mol. The molecule has 3 aliphatic rings. The Hall–Kier alpha value is -4.02. The lowest BCUT2D eigenvalue weighted by Gasteiger charge is -2.45. The molecule has 0 unspecified atom stereocenters. The molecule has 0 heterocycles. The summed E-state index contributed by atoms with van der Waals surface area (Å²) in [4.78, 5) is 40.4. The summed E-state index contributed by atoms with van der Waals surface area (Å²) in [6, 6.07) is 10.7. The van der Waals surface area contributed by atoms with Crippen molar-refractivity contribution < 1.29 is 39.2 Å². The highest BCUT2D eigenvalue weighted by atomic mass is 19.1. The molecule has 2 aromatic rings. The molecular formula is C29H29FN2O7. The van der Waals surface area contributed by atoms with Gasteiger partial charge in [0.15, 0.2) is 11.4 Å². The van der Waals surface area contributed by atoms with Crippen LogP contribution in [0.5, 0.6) is 5.75 Å². The molecule has 3 atom stereocenters. The maximum absolute atomic E-state index is 13.7. The number of fused-ring (bicyclic) bond motifs is 3. The van der Waals surface area contributed by atoms with Gasteiger partial charge in [-0.3, -0.25) is 19.3 Å². The van der Waals surface area contributed by atoms with Crippen molar-refractivity contribution in [3.63, 3.8) is 0 Å². The number of phenols is 1. The van der Waals surface area contributed by atoms with Gasteiger partial charge >= 0.3 is 0 Å². The number of Topliss-reactive ketones (excluding diaryl/α,β-unsaturated/α-hetero) is 2. The average Bonchev–Trinajstić information content (AvgIpc) is 2.87. The molecule has 10 heteroatoms. The number of ketones is 2. The van der Waals surface area contributed by atoms with Crippen LogP contribution in [0.25, 0.3) is 11.1 Å². The van der Waals surface area contributed by atoms with Crippen LogP contribution >= 0.6 is 0 Å². The minimum absolute atomic E-state index is 0.0316. The molecule has 0 fully saturated rings. The van der Waals surface area contributed by atoms with Gasteiger partial charge in [-0.05, 0) is 54.1 Å². The van der Waals surface area contributed by atoms with E-state index in [1.807, 2.05) is 36.2 Å². The van der Waals surface area contributed by atoms with Crippen LogP contribution in [0.15, 0.2) is 59.1 Å². The summed E-state index contributed by atoms with van der Waals surface area (Å²) in [6.07, 6.45) is 0.0115. The van der Waals surface area contributed by atoms with E-state index in [-0.39, 0.29) is 36.1 Å². The third-order valence-corrected chi connectivity index (χ3v) is 8.13. The van der Waals surface area contributed by atoms with Gasteiger partial charge in [-0.25, -0.2) is 4.39 Å². The second-order valence-corrected chi connectivity index (χ2v) is 10.5. The summed E-state index contributed by atoms with van der Waals surface area (Å²) in [5.74, 6) is -6.55. The Labute approximate surface area is 223 Å². The number of alkyl halides is 1. The Balaban J connectivity index is 1.56. The quantitative estimate of drug-likeness (QED) is 0.352. The number of rotatable bonds is 6. The fraction of sp³-hybridized carbons (Fsp3) is 0.345. The molecule has 39 heavy (non-hydrogen) atoms. The largest absolute Gasteiger partial charge is 0.511 e. The van der Waals surface area contributed by atoms with Gasteiger partial charge in [0.2, 0.25) is 5.78 Å². The van der Waals surface area contributed by atoms with Crippen LogP contribution in [0.4, 0.5) is 4.39 Å². The first-order valence-electron chi connectivity index (χ1n) is 12.6. The summed E-state index contributed by atoms with van der Waals surface area (Å²) in [5, 5.41) is 43.5. The predicted octanol–water partition coefficient (Wildman–Crippen LogP) is 2.65. The van der Waals surface area contributed by atoms with Crippen LogP contribution < -0.4 is 5.73 Å². The van der Waals surface area contributed by atoms with Crippen LogP contribution in [0.1, 0.15) is 34.3 Å². The van der Waals surface area contributed by atoms with E-state index in [2.05, 4.69) is 0 Å². The fourth-order valence-electron chi connectivity index (χ4n) is 6.21. The smallest absolute Gasteiger partial charge is 0.255 e. The fourth-order valence-corrected chi connectivity index (χ4v) is 6.21. The van der Waals surface area contributed by atoms with E-state index in [9.17, 15) is 39.2 Å². The number of aliphatic hydroxyl groups is 3. The summed E-state index contributed by atoms with van der Waals surface area (Å²) < 4.78 is 12.6. The molecule has 204 valence electrons. The van der Waals surface area contributed by atoms with E-state index < -0.39 is 58.7 Å². The van der Waals surface area contributed by atoms with E-state index >= 15 is 0 Å². The van der Waals surface area contributed by atoms with Gasteiger partial charge in [-0.15, -0.1) is 0 Å². The van der Waals surface area contributed by atoms with E-state index in [1.54, 1.807) is 6.07 Å². The van der Waals surface area contributed by atoms with E-state index in [4.69, 9.17) is 5.73 Å². The second-order valence-electron chi connectivity index (χ2n) is 10.5. The van der Waals surface area contributed by atoms with Crippen molar-refractivity contribution in [2.75, 3.05) is 20.3 Å². The number of allylic oxidation sites excluding steroid dienone is 2. The number of hydrogen-bond acceptors (Lipinski definition) is 8. The summed E-state index contributed by atoms with van der Waals surface area (Å²) in [6.45, 7) is 0.441. The highest BCUT2D eigenvalue weighted by molar-refractivity contribution is 6.24. The van der Waals surface area contributed by atoms with Crippen LogP contribution in [-0.4, -0.2) is 68.7 Å². The molecule has 0 spiro atoms. The zero-order chi connectivity index (χ0) is 28.2. The third kappa shape index (κ3) is 4.11. The van der Waals surface area contributed by atoms with Crippen molar-refractivity contribution in [2.45, 2.75) is 31.4 Å². The summed E-state index contributed by atoms with van der Waals surface area (Å²) in [7, 11) is 1.82. The number of carbonyl (C=O) groups excluding carboxylic acids is 3. The molecule has 0 aromatic heterocycles. The minimum atomic E-state index is -2.59. The van der Waals surface area contributed by atoms with Crippen molar-refractivity contribution in [2.24, 2.45) is 17.6 Å². The number of halogens is 1. The molecule has 3 aliphatic carbocycles. The molecule has 2 aromatic carbocycles. The minimum Gasteiger partial charge on any atom is -0.511 e. The second kappa shape index (κ2) is 9.62. The van der Waals surface area contributed by atoms with Gasteiger partial charge in [0.1, 0.15) is 29.5 Å². The monoisotopic (exact) mass is 536 g/mol. The molecule has 0 aliphatic heterocycles. The lowest BCUT2D eigenvalue weighted by Crippen LogP contribution is -2.57. The normalized spacial score (nSPS) is 24.5. The predicted molar refractivity (Wildman–Crippen MR) is 139 cm³/mol. The standard InChI is InChI=1S/C29H29FN2O7/c1-32(9-8-30)13-14-2-4-15(5-3-14)18-6-7-20(33)23-19(18)11-16-10-17-12-21(34)24(28(31)38)27(37)29(17,39)26(36)22(16)25(23)35/h2-7,16-17,33-34,36,39H,8-13H2,1H3,(H2,31,38)/t16-,17+,29+/m1/s1. The van der Waals surface area contributed by atoms with Gasteiger partial charge in [0, 0.05) is 31.0 Å².